The van der Waals surface area contributed by atoms with Gasteiger partial charge in [-0.25, -0.2) is 4.98 Å². The van der Waals surface area contributed by atoms with E-state index in [4.69, 9.17) is 0 Å². The monoisotopic (exact) mass is 528 g/mol. The molecule has 0 bridgehead atoms. The van der Waals surface area contributed by atoms with Gasteiger partial charge in [0.25, 0.3) is 5.56 Å². The number of pyridine rings is 1. The maximum absolute atomic E-state index is 12.9. The van der Waals surface area contributed by atoms with E-state index in [2.05, 4.69) is 31.2 Å². The van der Waals surface area contributed by atoms with Gasteiger partial charge in [-0.15, -0.1) is 0 Å². The van der Waals surface area contributed by atoms with Gasteiger partial charge >= 0.3 is 0 Å². The number of nitrogens with one attached hydrogen (secondary N) is 1. The lowest BCUT2D eigenvalue weighted by Crippen LogP contribution is -2.26. The Balaban J connectivity index is 1.42. The van der Waals surface area contributed by atoms with Crippen LogP contribution in [0.4, 0.5) is 0 Å². The molecule has 8 heteroatoms. The van der Waals surface area contributed by atoms with Crippen molar-refractivity contribution in [3.8, 4) is 0 Å². The SMILES string of the molecule is Cc1nc(SCCCCC(=O)NCCc2ccccn2)n(C)c(=O)c1Cc1ccc(Br)cc1. The van der Waals surface area contributed by atoms with Crippen LogP contribution < -0.4 is 10.9 Å². The van der Waals surface area contributed by atoms with Crippen molar-refractivity contribution in [2.24, 2.45) is 7.05 Å². The number of aromatic nitrogens is 3. The second-order valence-electron chi connectivity index (χ2n) is 7.85. The molecule has 0 saturated heterocycles. The quantitative estimate of drug-likeness (QED) is 0.226. The lowest BCUT2D eigenvalue weighted by Gasteiger charge is -2.12. The molecule has 1 N–H and O–H groups in total. The number of rotatable bonds is 11. The first-order valence-corrected chi connectivity index (χ1v) is 12.8. The maximum atomic E-state index is 12.9. The highest BCUT2D eigenvalue weighted by atomic mass is 79.9. The third kappa shape index (κ3) is 7.82. The highest BCUT2D eigenvalue weighted by Gasteiger charge is 2.13. The Labute approximate surface area is 207 Å². The zero-order chi connectivity index (χ0) is 23.6. The van der Waals surface area contributed by atoms with Gasteiger partial charge in [0, 0.05) is 66.2 Å². The van der Waals surface area contributed by atoms with Crippen LogP contribution in [0, 0.1) is 6.92 Å². The number of carbonyl (C=O) groups is 1. The van der Waals surface area contributed by atoms with Gasteiger partial charge in [0.05, 0.1) is 0 Å². The fourth-order valence-electron chi connectivity index (χ4n) is 3.38. The molecule has 0 aliphatic carbocycles. The summed E-state index contributed by atoms with van der Waals surface area (Å²) in [5.41, 5.74) is 3.56. The van der Waals surface area contributed by atoms with E-state index in [9.17, 15) is 9.59 Å². The van der Waals surface area contributed by atoms with Gasteiger partial charge in [-0.05, 0) is 49.6 Å². The van der Waals surface area contributed by atoms with E-state index in [0.717, 1.165) is 57.2 Å². The van der Waals surface area contributed by atoms with Gasteiger partial charge in [0.1, 0.15) is 0 Å². The molecule has 0 saturated carbocycles. The normalized spacial score (nSPS) is 10.9. The molecule has 6 nitrogen and oxygen atoms in total. The number of nitrogens with zero attached hydrogens (tertiary/aromatic N) is 3. The Hall–Kier alpha value is -2.45. The number of thioether (sulfide) groups is 1. The molecular formula is C25H29BrN4O2S. The molecule has 0 aliphatic rings. The minimum absolute atomic E-state index is 0.000187. The highest BCUT2D eigenvalue weighted by molar-refractivity contribution is 9.10. The van der Waals surface area contributed by atoms with Crippen LogP contribution in [0.25, 0.3) is 0 Å². The molecule has 33 heavy (non-hydrogen) atoms. The van der Waals surface area contributed by atoms with Crippen LogP contribution in [0.1, 0.15) is 41.8 Å². The van der Waals surface area contributed by atoms with Crippen molar-refractivity contribution in [2.45, 2.75) is 44.2 Å². The van der Waals surface area contributed by atoms with Crippen molar-refractivity contribution in [3.63, 3.8) is 0 Å². The molecule has 3 rings (SSSR count). The van der Waals surface area contributed by atoms with Crippen molar-refractivity contribution >= 4 is 33.6 Å². The Morgan fingerprint density at radius 1 is 1.15 bits per heavy atom. The zero-order valence-electron chi connectivity index (χ0n) is 19.0. The molecule has 1 aromatic carbocycles. The average Bonchev–Trinajstić information content (AvgIpc) is 2.81. The molecule has 0 spiro atoms. The predicted octanol–water partition coefficient (Wildman–Crippen LogP) is 4.46. The number of unbranched alkanes of at least 4 members (excludes halogenated alkanes) is 1. The van der Waals surface area contributed by atoms with Crippen LogP contribution in [0.15, 0.2) is 63.1 Å². The summed E-state index contributed by atoms with van der Waals surface area (Å²) >= 11 is 5.00. The van der Waals surface area contributed by atoms with E-state index in [1.165, 1.54) is 0 Å². The number of benzene rings is 1. The molecule has 3 aromatic rings. The molecule has 2 aromatic heterocycles. The van der Waals surface area contributed by atoms with Crippen LogP contribution in [-0.4, -0.2) is 32.7 Å². The van der Waals surface area contributed by atoms with Crippen molar-refractivity contribution < 1.29 is 4.79 Å². The minimum Gasteiger partial charge on any atom is -0.356 e. The topological polar surface area (TPSA) is 76.9 Å². The third-order valence-corrected chi connectivity index (χ3v) is 6.95. The minimum atomic E-state index is 0.000187. The summed E-state index contributed by atoms with van der Waals surface area (Å²) in [6.45, 7) is 2.50. The summed E-state index contributed by atoms with van der Waals surface area (Å²) in [5, 5.41) is 3.67. The molecule has 0 fully saturated rings. The lowest BCUT2D eigenvalue weighted by molar-refractivity contribution is -0.121. The van der Waals surface area contributed by atoms with Crippen LogP contribution >= 0.6 is 27.7 Å². The number of hydrogen-bond donors (Lipinski definition) is 1. The number of aryl methyl sites for hydroxylation is 1. The van der Waals surface area contributed by atoms with E-state index >= 15 is 0 Å². The smallest absolute Gasteiger partial charge is 0.257 e. The fraction of sp³-hybridized carbons (Fsp3) is 0.360. The molecular weight excluding hydrogens is 500 g/mol. The largest absolute Gasteiger partial charge is 0.356 e. The first kappa shape index (κ1) is 25.2. The first-order chi connectivity index (χ1) is 15.9. The average molecular weight is 530 g/mol. The molecule has 174 valence electrons. The first-order valence-electron chi connectivity index (χ1n) is 11.0. The zero-order valence-corrected chi connectivity index (χ0v) is 21.4. The number of hydrogen-bond acceptors (Lipinski definition) is 5. The summed E-state index contributed by atoms with van der Waals surface area (Å²) in [4.78, 5) is 33.9. The second kappa shape index (κ2) is 12.7. The Morgan fingerprint density at radius 2 is 1.94 bits per heavy atom. The van der Waals surface area contributed by atoms with Gasteiger partial charge in [-0.2, -0.15) is 0 Å². The molecule has 0 unspecified atom stereocenters. The van der Waals surface area contributed by atoms with E-state index in [1.807, 2.05) is 49.4 Å². The number of carbonyl (C=O) groups excluding carboxylic acids is 1. The number of halogens is 1. The Kier molecular flexibility index (Phi) is 9.69. The lowest BCUT2D eigenvalue weighted by atomic mass is 10.1. The van der Waals surface area contributed by atoms with Crippen LogP contribution in [0.5, 0.6) is 0 Å². The Bertz CT molecular complexity index is 1120. The van der Waals surface area contributed by atoms with Crippen LogP contribution in [0.3, 0.4) is 0 Å². The molecule has 0 atom stereocenters. The summed E-state index contributed by atoms with van der Waals surface area (Å²) in [6, 6.07) is 13.8. The Morgan fingerprint density at radius 3 is 2.67 bits per heavy atom. The second-order valence-corrected chi connectivity index (χ2v) is 9.83. The number of amides is 1. The summed E-state index contributed by atoms with van der Waals surface area (Å²) < 4.78 is 2.65. The van der Waals surface area contributed by atoms with Crippen molar-refractivity contribution in [1.29, 1.82) is 0 Å². The van der Waals surface area contributed by atoms with E-state index in [1.54, 1.807) is 29.6 Å². The van der Waals surface area contributed by atoms with Gasteiger partial charge in [-0.3, -0.25) is 19.1 Å². The molecule has 2 heterocycles. The van der Waals surface area contributed by atoms with Crippen molar-refractivity contribution in [1.82, 2.24) is 19.9 Å². The predicted molar refractivity (Wildman–Crippen MR) is 137 cm³/mol. The summed E-state index contributed by atoms with van der Waals surface area (Å²) in [7, 11) is 1.78. The third-order valence-electron chi connectivity index (χ3n) is 5.30. The van der Waals surface area contributed by atoms with E-state index < -0.39 is 0 Å². The van der Waals surface area contributed by atoms with Gasteiger partial charge in [-0.1, -0.05) is 45.9 Å². The highest BCUT2D eigenvalue weighted by Crippen LogP contribution is 2.19. The van der Waals surface area contributed by atoms with Gasteiger partial charge in [0.15, 0.2) is 5.16 Å². The summed E-state index contributed by atoms with van der Waals surface area (Å²) in [5.74, 6) is 0.877. The van der Waals surface area contributed by atoms with E-state index in [0.29, 0.717) is 19.4 Å². The maximum Gasteiger partial charge on any atom is 0.257 e. The van der Waals surface area contributed by atoms with Crippen LogP contribution in [-0.2, 0) is 24.7 Å². The van der Waals surface area contributed by atoms with Gasteiger partial charge in [0.2, 0.25) is 5.91 Å². The molecule has 1 amide bonds. The fourth-order valence-corrected chi connectivity index (χ4v) is 4.66. The molecule has 0 radical (unpaired) electrons. The molecule has 0 aliphatic heterocycles. The van der Waals surface area contributed by atoms with Crippen molar-refractivity contribution in [2.75, 3.05) is 12.3 Å². The van der Waals surface area contributed by atoms with E-state index in [-0.39, 0.29) is 11.5 Å². The standard InChI is InChI=1S/C25H29BrN4O2S/c1-18-22(17-19-9-11-20(26)12-10-19)24(32)30(2)25(29-18)33-16-6-4-8-23(31)28-15-13-21-7-3-5-14-27-21/h3,5,7,9-12,14H,4,6,8,13,15-17H2,1-2H3,(H,28,31). The van der Waals surface area contributed by atoms with Crippen LogP contribution in [0.2, 0.25) is 0 Å². The van der Waals surface area contributed by atoms with Crippen molar-refractivity contribution in [3.05, 3.63) is 86.0 Å². The van der Waals surface area contributed by atoms with Gasteiger partial charge < -0.3 is 5.32 Å². The summed E-state index contributed by atoms with van der Waals surface area (Å²) in [6.07, 6.45) is 5.25.